The largest absolute Gasteiger partial charge is 0.507 e. The van der Waals surface area contributed by atoms with Gasteiger partial charge in [0, 0.05) is 4.90 Å². The molecule has 0 radical (unpaired) electrons. The average Bonchev–Trinajstić information content (AvgIpc) is 2.18. The van der Waals surface area contributed by atoms with Crippen LogP contribution in [0.2, 0.25) is 0 Å². The molecular formula is C9H6F4O2S. The van der Waals surface area contributed by atoms with Crippen molar-refractivity contribution < 1.29 is 27.0 Å². The molecule has 0 aromatic heterocycles. The molecule has 2 nitrogen and oxygen atoms in total. The lowest BCUT2D eigenvalue weighted by Crippen LogP contribution is -2.52. The fourth-order valence-electron chi connectivity index (χ4n) is 1.17. The van der Waals surface area contributed by atoms with Crippen LogP contribution in [0, 0.1) is 0 Å². The molecule has 0 unspecified atom stereocenters. The van der Waals surface area contributed by atoms with E-state index in [-0.39, 0.29) is 5.75 Å². The molecule has 0 amide bonds. The second kappa shape index (κ2) is 3.44. The van der Waals surface area contributed by atoms with Gasteiger partial charge in [-0.2, -0.15) is 17.6 Å². The third-order valence-electron chi connectivity index (χ3n) is 1.97. The molecule has 0 aliphatic carbocycles. The number of fused-ring (bicyclic) bond motifs is 1. The fraction of sp³-hybridized carbons (Fsp3) is 0.333. The number of alkyl halides is 4. The van der Waals surface area contributed by atoms with E-state index in [2.05, 4.69) is 9.47 Å². The Bertz CT molecular complexity index is 422. The van der Waals surface area contributed by atoms with E-state index in [0.29, 0.717) is 4.90 Å². The van der Waals surface area contributed by atoms with Gasteiger partial charge >= 0.3 is 12.2 Å². The molecule has 0 fully saturated rings. The number of halogens is 4. The van der Waals surface area contributed by atoms with Crippen molar-refractivity contribution in [2.45, 2.75) is 17.1 Å². The lowest BCUT2D eigenvalue weighted by molar-refractivity contribution is -0.391. The SMILES string of the molecule is CSc1ccc2c(c1)OC(F)(F)C(F)(F)O2. The number of rotatable bonds is 1. The standard InChI is InChI=1S/C9H6F4O2S/c1-16-5-2-3-6-7(4-5)15-9(12,13)8(10,11)14-6/h2-4H,1H3. The number of benzene rings is 1. The smallest absolute Gasteiger partial charge is 0.421 e. The van der Waals surface area contributed by atoms with Gasteiger partial charge in [0.1, 0.15) is 0 Å². The van der Waals surface area contributed by atoms with Gasteiger partial charge in [-0.05, 0) is 24.5 Å². The first-order valence-corrected chi connectivity index (χ1v) is 5.40. The molecule has 0 atom stereocenters. The Labute approximate surface area is 92.5 Å². The molecule has 16 heavy (non-hydrogen) atoms. The fourth-order valence-corrected chi connectivity index (χ4v) is 1.60. The van der Waals surface area contributed by atoms with Gasteiger partial charge in [0.05, 0.1) is 0 Å². The van der Waals surface area contributed by atoms with Crippen molar-refractivity contribution in [3.63, 3.8) is 0 Å². The highest BCUT2D eigenvalue weighted by Gasteiger charge is 2.65. The van der Waals surface area contributed by atoms with Crippen molar-refractivity contribution in [2.24, 2.45) is 0 Å². The van der Waals surface area contributed by atoms with E-state index in [1.54, 1.807) is 6.26 Å². The zero-order valence-corrected chi connectivity index (χ0v) is 8.79. The van der Waals surface area contributed by atoms with Crippen molar-refractivity contribution >= 4 is 11.8 Å². The molecule has 1 aliphatic rings. The number of hydrogen-bond acceptors (Lipinski definition) is 3. The first-order valence-electron chi connectivity index (χ1n) is 4.17. The first-order chi connectivity index (χ1) is 7.36. The van der Waals surface area contributed by atoms with Gasteiger partial charge in [-0.25, -0.2) is 0 Å². The molecule has 1 aromatic carbocycles. The molecular weight excluding hydrogens is 248 g/mol. The highest BCUT2D eigenvalue weighted by atomic mass is 32.2. The van der Waals surface area contributed by atoms with Crippen LogP contribution in [0.1, 0.15) is 0 Å². The molecule has 1 heterocycles. The Hall–Kier alpha value is -1.11. The topological polar surface area (TPSA) is 18.5 Å². The minimum absolute atomic E-state index is 0.386. The van der Waals surface area contributed by atoms with Crippen LogP contribution in [-0.2, 0) is 0 Å². The van der Waals surface area contributed by atoms with Crippen LogP contribution in [0.15, 0.2) is 23.1 Å². The van der Waals surface area contributed by atoms with Crippen molar-refractivity contribution in [3.05, 3.63) is 18.2 Å². The third-order valence-corrected chi connectivity index (χ3v) is 2.69. The highest BCUT2D eigenvalue weighted by molar-refractivity contribution is 7.98. The van der Waals surface area contributed by atoms with Crippen molar-refractivity contribution in [3.8, 4) is 11.5 Å². The van der Waals surface area contributed by atoms with Crippen molar-refractivity contribution in [1.82, 2.24) is 0 Å². The van der Waals surface area contributed by atoms with E-state index in [9.17, 15) is 17.6 Å². The molecule has 1 aliphatic heterocycles. The second-order valence-electron chi connectivity index (χ2n) is 3.05. The molecule has 0 spiro atoms. The van der Waals surface area contributed by atoms with Crippen LogP contribution in [0.25, 0.3) is 0 Å². The van der Waals surface area contributed by atoms with Gasteiger partial charge in [0.25, 0.3) is 0 Å². The van der Waals surface area contributed by atoms with Crippen LogP contribution in [-0.4, -0.2) is 18.5 Å². The summed E-state index contributed by atoms with van der Waals surface area (Å²) < 4.78 is 58.9. The summed E-state index contributed by atoms with van der Waals surface area (Å²) in [6, 6.07) is 3.87. The minimum Gasteiger partial charge on any atom is -0.421 e. The van der Waals surface area contributed by atoms with Crippen molar-refractivity contribution in [2.75, 3.05) is 6.26 Å². The predicted molar refractivity (Wildman–Crippen MR) is 49.4 cm³/mol. The molecule has 0 saturated heterocycles. The average molecular weight is 254 g/mol. The lowest BCUT2D eigenvalue weighted by Gasteiger charge is -2.31. The Morgan fingerprint density at radius 2 is 1.56 bits per heavy atom. The van der Waals surface area contributed by atoms with Crippen LogP contribution in [0.4, 0.5) is 17.6 Å². The van der Waals surface area contributed by atoms with E-state index >= 15 is 0 Å². The predicted octanol–water partition coefficient (Wildman–Crippen LogP) is 3.37. The molecule has 88 valence electrons. The summed E-state index contributed by atoms with van der Waals surface area (Å²) >= 11 is 1.27. The maximum Gasteiger partial charge on any atom is 0.507 e. The molecule has 0 N–H and O–H groups in total. The van der Waals surface area contributed by atoms with Gasteiger partial charge in [0.2, 0.25) is 0 Å². The monoisotopic (exact) mass is 254 g/mol. The van der Waals surface area contributed by atoms with E-state index in [0.717, 1.165) is 0 Å². The lowest BCUT2D eigenvalue weighted by atomic mass is 10.3. The number of ether oxygens (including phenoxy) is 2. The normalized spacial score (nSPS) is 20.6. The summed E-state index contributed by atoms with van der Waals surface area (Å²) in [7, 11) is 0. The molecule has 0 bridgehead atoms. The zero-order valence-electron chi connectivity index (χ0n) is 7.97. The van der Waals surface area contributed by atoms with Gasteiger partial charge in [-0.15, -0.1) is 11.8 Å². The maximum absolute atomic E-state index is 12.8. The highest BCUT2D eigenvalue weighted by Crippen LogP contribution is 2.47. The van der Waals surface area contributed by atoms with Crippen LogP contribution < -0.4 is 9.47 Å². The van der Waals surface area contributed by atoms with Gasteiger partial charge in [-0.1, -0.05) is 0 Å². The Morgan fingerprint density at radius 1 is 1.00 bits per heavy atom. The number of hydrogen-bond donors (Lipinski definition) is 0. The summed E-state index contributed by atoms with van der Waals surface area (Å²) in [4.78, 5) is 0.614. The zero-order chi connectivity index (χ0) is 12.0. The van der Waals surface area contributed by atoms with Gasteiger partial charge in [-0.3, -0.25) is 0 Å². The van der Waals surface area contributed by atoms with Crippen LogP contribution >= 0.6 is 11.8 Å². The summed E-state index contributed by atoms with van der Waals surface area (Å²) in [5.74, 6) is -0.781. The third kappa shape index (κ3) is 1.68. The number of thioether (sulfide) groups is 1. The summed E-state index contributed by atoms with van der Waals surface area (Å²) in [6.07, 6.45) is -7.59. The van der Waals surface area contributed by atoms with Gasteiger partial charge in [0.15, 0.2) is 11.5 Å². The molecule has 2 rings (SSSR count). The van der Waals surface area contributed by atoms with E-state index in [4.69, 9.17) is 0 Å². The Morgan fingerprint density at radius 3 is 2.12 bits per heavy atom. The quantitative estimate of drug-likeness (QED) is 0.565. The Balaban J connectivity index is 2.43. The van der Waals surface area contributed by atoms with Gasteiger partial charge < -0.3 is 9.47 Å². The van der Waals surface area contributed by atoms with Crippen molar-refractivity contribution in [1.29, 1.82) is 0 Å². The molecule has 7 heteroatoms. The molecule has 0 saturated carbocycles. The summed E-state index contributed by atoms with van der Waals surface area (Å²) in [6.45, 7) is 0. The summed E-state index contributed by atoms with van der Waals surface area (Å²) in [5.41, 5.74) is 0. The van der Waals surface area contributed by atoms with Crippen LogP contribution in [0.5, 0.6) is 11.5 Å². The van der Waals surface area contributed by atoms with E-state index in [1.165, 1.54) is 30.0 Å². The Kier molecular flexibility index (Phi) is 2.45. The van der Waals surface area contributed by atoms with Crippen LogP contribution in [0.3, 0.4) is 0 Å². The second-order valence-corrected chi connectivity index (χ2v) is 3.93. The summed E-state index contributed by atoms with van der Waals surface area (Å²) in [5, 5.41) is 0. The molecule has 1 aromatic rings. The first kappa shape index (κ1) is 11.4. The minimum atomic E-state index is -4.66. The van der Waals surface area contributed by atoms with E-state index < -0.39 is 18.0 Å². The van der Waals surface area contributed by atoms with E-state index in [1.807, 2.05) is 0 Å². The maximum atomic E-state index is 12.8.